The third-order valence-corrected chi connectivity index (χ3v) is 10.8. The number of nitrogens with one attached hydrogen (secondary N) is 2. The molecule has 0 saturated carbocycles. The number of hydrogen-bond donors (Lipinski definition) is 2. The standard InChI is InChI=1S/C30H38N6O5S/c1-2-31-29(40)32-25-22(21-7-6-19-10-17-41-23(19)24(21)42-25)26(37)33-15-8-20(9-16-33)34-12-5-11-30(18-34)27(38)35-13-3-4-14-36(35)28(30)39/h6-7,20H,2-5,8-18H2,1H3,(H2,31,32,40). The fourth-order valence-electron chi connectivity index (χ4n) is 7.52. The van der Waals surface area contributed by atoms with Gasteiger partial charge in [-0.05, 0) is 57.6 Å². The van der Waals surface area contributed by atoms with Crippen molar-refractivity contribution in [2.24, 2.45) is 5.41 Å². The normalized spacial score (nSPS) is 22.5. The van der Waals surface area contributed by atoms with E-state index >= 15 is 0 Å². The summed E-state index contributed by atoms with van der Waals surface area (Å²) >= 11 is 1.39. The van der Waals surface area contributed by atoms with Gasteiger partial charge in [0.05, 0.1) is 16.9 Å². The maximum absolute atomic E-state index is 14.1. The molecule has 0 bridgehead atoms. The summed E-state index contributed by atoms with van der Waals surface area (Å²) in [6, 6.07) is 3.88. The minimum absolute atomic E-state index is 0.0172. The number of thiophene rings is 1. The van der Waals surface area contributed by atoms with Gasteiger partial charge in [-0.25, -0.2) is 4.79 Å². The van der Waals surface area contributed by atoms with Gasteiger partial charge in [0.1, 0.15) is 16.2 Å². The number of benzene rings is 1. The van der Waals surface area contributed by atoms with Crippen LogP contribution in [0.1, 0.15) is 61.4 Å². The van der Waals surface area contributed by atoms with Crippen LogP contribution >= 0.6 is 11.3 Å². The summed E-state index contributed by atoms with van der Waals surface area (Å²) in [5.74, 6) is 0.690. The van der Waals surface area contributed by atoms with Crippen molar-refractivity contribution in [2.45, 2.75) is 57.9 Å². The van der Waals surface area contributed by atoms with E-state index in [2.05, 4.69) is 15.5 Å². The zero-order valence-electron chi connectivity index (χ0n) is 24.1. The molecule has 6 heterocycles. The van der Waals surface area contributed by atoms with Gasteiger partial charge in [-0.15, -0.1) is 11.3 Å². The smallest absolute Gasteiger partial charge is 0.319 e. The van der Waals surface area contributed by atoms with Gasteiger partial charge in [0.15, 0.2) is 0 Å². The van der Waals surface area contributed by atoms with Crippen LogP contribution in [-0.4, -0.2) is 102 Å². The summed E-state index contributed by atoms with van der Waals surface area (Å²) in [5.41, 5.74) is 0.690. The number of hydrazine groups is 1. The van der Waals surface area contributed by atoms with Crippen LogP contribution in [-0.2, 0) is 16.0 Å². The summed E-state index contributed by atoms with van der Waals surface area (Å²) < 4.78 is 6.82. The minimum atomic E-state index is -0.951. The third-order valence-electron chi connectivity index (χ3n) is 9.65. The molecule has 1 aromatic heterocycles. The minimum Gasteiger partial charge on any atom is -0.491 e. The average molecular weight is 595 g/mol. The number of nitrogens with zero attached hydrogens (tertiary/aromatic N) is 4. The van der Waals surface area contributed by atoms with Gasteiger partial charge >= 0.3 is 6.03 Å². The van der Waals surface area contributed by atoms with Gasteiger partial charge in [0.2, 0.25) is 0 Å². The number of ether oxygens (including phenoxy) is 1. The molecule has 5 aliphatic rings. The summed E-state index contributed by atoms with van der Waals surface area (Å²) in [6.07, 6.45) is 5.71. The van der Waals surface area contributed by atoms with Crippen LogP contribution in [0.25, 0.3) is 10.1 Å². The van der Waals surface area contributed by atoms with Crippen molar-refractivity contribution in [3.63, 3.8) is 0 Å². The Labute approximate surface area is 249 Å². The molecule has 0 unspecified atom stereocenters. The number of fused-ring (bicyclic) bond motifs is 4. The van der Waals surface area contributed by atoms with Crippen molar-refractivity contribution in [3.05, 3.63) is 23.3 Å². The molecule has 224 valence electrons. The third kappa shape index (κ3) is 4.33. The fourth-order valence-corrected chi connectivity index (χ4v) is 8.73. The Kier molecular flexibility index (Phi) is 7.00. The molecule has 0 aliphatic carbocycles. The molecule has 5 aliphatic heterocycles. The van der Waals surface area contributed by atoms with Crippen molar-refractivity contribution in [3.8, 4) is 5.75 Å². The second kappa shape index (κ2) is 10.7. The number of amides is 5. The Balaban J connectivity index is 1.08. The molecule has 4 saturated heterocycles. The van der Waals surface area contributed by atoms with Gasteiger partial charge in [-0.3, -0.25) is 34.6 Å². The molecule has 2 aromatic rings. The van der Waals surface area contributed by atoms with Crippen molar-refractivity contribution < 1.29 is 23.9 Å². The van der Waals surface area contributed by atoms with Crippen molar-refractivity contribution >= 4 is 50.2 Å². The van der Waals surface area contributed by atoms with Crippen LogP contribution in [0.15, 0.2) is 12.1 Å². The Bertz CT molecular complexity index is 1430. The number of piperidine rings is 2. The van der Waals surface area contributed by atoms with E-state index in [1.54, 1.807) is 10.0 Å². The highest BCUT2D eigenvalue weighted by molar-refractivity contribution is 7.24. The van der Waals surface area contributed by atoms with E-state index in [0.29, 0.717) is 62.9 Å². The van der Waals surface area contributed by atoms with Gasteiger partial charge in [0, 0.05) is 57.1 Å². The average Bonchev–Trinajstić information content (AvgIpc) is 3.69. The molecule has 12 heteroatoms. The number of carbonyl (C=O) groups is 4. The summed E-state index contributed by atoms with van der Waals surface area (Å²) in [5, 5.41) is 10.4. The van der Waals surface area contributed by atoms with Gasteiger partial charge in [-0.1, -0.05) is 12.1 Å². The Morgan fingerprint density at radius 2 is 1.76 bits per heavy atom. The van der Waals surface area contributed by atoms with E-state index < -0.39 is 5.41 Å². The van der Waals surface area contributed by atoms with Gasteiger partial charge < -0.3 is 15.0 Å². The van der Waals surface area contributed by atoms with Crippen molar-refractivity contribution in [1.82, 2.24) is 25.1 Å². The number of rotatable bonds is 4. The van der Waals surface area contributed by atoms with Crippen LogP contribution in [0.2, 0.25) is 0 Å². The molecule has 7 rings (SSSR count). The fraction of sp³-hybridized carbons (Fsp3) is 0.600. The van der Waals surface area contributed by atoms with Crippen LogP contribution in [0.5, 0.6) is 5.75 Å². The molecule has 0 atom stereocenters. The molecule has 11 nitrogen and oxygen atoms in total. The Morgan fingerprint density at radius 3 is 2.48 bits per heavy atom. The number of likely N-dealkylation sites (tertiary alicyclic amines) is 2. The molecular formula is C30H38N6O5S. The van der Waals surface area contributed by atoms with Crippen molar-refractivity contribution in [1.29, 1.82) is 0 Å². The molecule has 4 fully saturated rings. The lowest BCUT2D eigenvalue weighted by molar-refractivity contribution is -0.150. The SMILES string of the molecule is CCNC(=O)Nc1sc2c3c(ccc2c1C(=O)N1CCC(N2CCCC4(C2)C(=O)N2CCCCN2C4=O)CC1)CCO3. The molecule has 2 N–H and O–H groups in total. The Morgan fingerprint density at radius 1 is 1.02 bits per heavy atom. The molecule has 0 radical (unpaired) electrons. The molecule has 1 aromatic carbocycles. The number of hydrogen-bond acceptors (Lipinski definition) is 7. The lowest BCUT2D eigenvalue weighted by Gasteiger charge is -2.44. The number of urea groups is 1. The van der Waals surface area contributed by atoms with E-state index in [1.165, 1.54) is 11.3 Å². The summed E-state index contributed by atoms with van der Waals surface area (Å²) in [4.78, 5) is 57.8. The maximum Gasteiger partial charge on any atom is 0.319 e. The van der Waals surface area contributed by atoms with Crippen LogP contribution < -0.4 is 15.4 Å². The highest BCUT2D eigenvalue weighted by Crippen LogP contribution is 2.46. The molecular weight excluding hydrogens is 556 g/mol. The maximum atomic E-state index is 14.1. The van der Waals surface area contributed by atoms with Gasteiger partial charge in [-0.2, -0.15) is 0 Å². The van der Waals surface area contributed by atoms with E-state index in [0.717, 1.165) is 66.5 Å². The highest BCUT2D eigenvalue weighted by Gasteiger charge is 2.60. The van der Waals surface area contributed by atoms with Crippen LogP contribution in [0.3, 0.4) is 0 Å². The lowest BCUT2D eigenvalue weighted by atomic mass is 9.78. The zero-order chi connectivity index (χ0) is 29.0. The van der Waals surface area contributed by atoms with E-state index in [1.807, 2.05) is 24.0 Å². The van der Waals surface area contributed by atoms with Crippen LogP contribution in [0.4, 0.5) is 9.80 Å². The second-order valence-corrected chi connectivity index (χ2v) is 13.1. The predicted octanol–water partition coefficient (Wildman–Crippen LogP) is 3.04. The summed E-state index contributed by atoms with van der Waals surface area (Å²) in [7, 11) is 0. The van der Waals surface area contributed by atoms with E-state index in [9.17, 15) is 19.2 Å². The zero-order valence-corrected chi connectivity index (χ0v) is 24.9. The predicted molar refractivity (Wildman–Crippen MR) is 159 cm³/mol. The number of carbonyl (C=O) groups excluding carboxylic acids is 4. The van der Waals surface area contributed by atoms with E-state index in [-0.39, 0.29) is 29.8 Å². The topological polar surface area (TPSA) is 115 Å². The molecule has 1 spiro atoms. The van der Waals surface area contributed by atoms with E-state index in [4.69, 9.17) is 4.74 Å². The molecule has 5 amide bonds. The lowest BCUT2D eigenvalue weighted by Crippen LogP contribution is -2.56. The van der Waals surface area contributed by atoms with Crippen molar-refractivity contribution in [2.75, 3.05) is 57.7 Å². The first-order chi connectivity index (χ1) is 20.4. The first-order valence-electron chi connectivity index (χ1n) is 15.3. The highest BCUT2D eigenvalue weighted by atomic mass is 32.1. The molecule has 42 heavy (non-hydrogen) atoms. The quantitative estimate of drug-likeness (QED) is 0.526. The monoisotopic (exact) mass is 594 g/mol. The first-order valence-corrected chi connectivity index (χ1v) is 16.2. The largest absolute Gasteiger partial charge is 0.491 e. The number of anilines is 1. The second-order valence-electron chi connectivity index (χ2n) is 12.1. The Hall–Kier alpha value is -3.38. The summed E-state index contributed by atoms with van der Waals surface area (Å²) in [6.45, 7) is 6.71. The first kappa shape index (κ1) is 27.5. The van der Waals surface area contributed by atoms with Gasteiger partial charge in [0.25, 0.3) is 17.7 Å². The van der Waals surface area contributed by atoms with Crippen LogP contribution in [0, 0.1) is 5.41 Å².